The molecule has 1 saturated heterocycles. The SMILES string of the molecule is COS(=O)(=O)[O-].C[N+]1(C)CCN(C2Cc3ccccc3Cc3ccccc32)CC1. The summed E-state index contributed by atoms with van der Waals surface area (Å²) in [5.74, 6) is 0. The average molecular weight is 419 g/mol. The Balaban J connectivity index is 0.000000353. The first-order chi connectivity index (χ1) is 13.7. The van der Waals surface area contributed by atoms with Gasteiger partial charge in [0.05, 0.1) is 34.3 Å². The molecule has 0 N–H and O–H groups in total. The van der Waals surface area contributed by atoms with Gasteiger partial charge in [0.25, 0.3) is 0 Å². The third-order valence-corrected chi connectivity index (χ3v) is 6.36. The zero-order valence-corrected chi connectivity index (χ0v) is 18.2. The van der Waals surface area contributed by atoms with E-state index in [0.29, 0.717) is 6.04 Å². The van der Waals surface area contributed by atoms with Crippen molar-refractivity contribution in [2.45, 2.75) is 18.9 Å². The van der Waals surface area contributed by atoms with Gasteiger partial charge in [0.1, 0.15) is 0 Å². The van der Waals surface area contributed by atoms with Crippen LogP contribution in [0.3, 0.4) is 0 Å². The number of hydrogen-bond donors (Lipinski definition) is 0. The minimum absolute atomic E-state index is 0.537. The lowest BCUT2D eigenvalue weighted by atomic mass is 9.96. The first-order valence-electron chi connectivity index (χ1n) is 9.90. The zero-order chi connectivity index (χ0) is 21.1. The van der Waals surface area contributed by atoms with Gasteiger partial charge in [0.15, 0.2) is 0 Å². The number of piperazine rings is 1. The van der Waals surface area contributed by atoms with Crippen LogP contribution in [0, 0.1) is 0 Å². The molecule has 1 atom stereocenters. The Morgan fingerprint density at radius 2 is 1.48 bits per heavy atom. The molecule has 7 heteroatoms. The fourth-order valence-electron chi connectivity index (χ4n) is 4.13. The minimum Gasteiger partial charge on any atom is -0.726 e. The standard InChI is InChI=1S/C21H27N2.CH4O4S/c1-23(2)13-11-22(12-14-23)21-16-18-8-4-3-7-17(18)15-19-9-5-6-10-20(19)21;1-5-6(2,3)4/h3-10,21H,11-16H2,1-2H3;1H3,(H,2,3,4)/q+1;/p-1. The Labute approximate surface area is 174 Å². The van der Waals surface area contributed by atoms with E-state index >= 15 is 0 Å². The van der Waals surface area contributed by atoms with Crippen molar-refractivity contribution in [1.82, 2.24) is 4.90 Å². The molecule has 0 amide bonds. The zero-order valence-electron chi connectivity index (χ0n) is 17.4. The summed E-state index contributed by atoms with van der Waals surface area (Å²) < 4.78 is 32.2. The van der Waals surface area contributed by atoms with Gasteiger partial charge in [-0.3, -0.25) is 9.08 Å². The van der Waals surface area contributed by atoms with E-state index in [4.69, 9.17) is 0 Å². The maximum absolute atomic E-state index is 9.22. The van der Waals surface area contributed by atoms with Crippen molar-refractivity contribution in [3.05, 3.63) is 70.8 Å². The van der Waals surface area contributed by atoms with E-state index in [0.717, 1.165) is 24.4 Å². The molecule has 1 unspecified atom stereocenters. The van der Waals surface area contributed by atoms with Crippen LogP contribution in [0.15, 0.2) is 48.5 Å². The smallest absolute Gasteiger partial charge is 0.217 e. The van der Waals surface area contributed by atoms with Gasteiger partial charge >= 0.3 is 0 Å². The summed E-state index contributed by atoms with van der Waals surface area (Å²) >= 11 is 0. The second-order valence-corrected chi connectivity index (χ2v) is 9.51. The molecule has 1 aliphatic carbocycles. The summed E-state index contributed by atoms with van der Waals surface area (Å²) in [7, 11) is 1.11. The predicted molar refractivity (Wildman–Crippen MR) is 112 cm³/mol. The summed E-state index contributed by atoms with van der Waals surface area (Å²) in [6, 6.07) is 18.7. The van der Waals surface area contributed by atoms with E-state index in [1.807, 2.05) is 0 Å². The van der Waals surface area contributed by atoms with E-state index in [2.05, 4.69) is 71.7 Å². The Bertz CT molecular complexity index is 933. The molecule has 1 aliphatic heterocycles. The molecule has 158 valence electrons. The summed E-state index contributed by atoms with van der Waals surface area (Å²) in [4.78, 5) is 2.73. The molecule has 2 aromatic rings. The van der Waals surface area contributed by atoms with Crippen molar-refractivity contribution in [1.29, 1.82) is 0 Å². The Kier molecular flexibility index (Phi) is 6.76. The Hall–Kier alpha value is -1.77. The van der Waals surface area contributed by atoms with Gasteiger partial charge in [0, 0.05) is 19.1 Å². The number of rotatable bonds is 2. The highest BCUT2D eigenvalue weighted by atomic mass is 32.3. The van der Waals surface area contributed by atoms with Crippen LogP contribution in [0.2, 0.25) is 0 Å². The van der Waals surface area contributed by atoms with E-state index in [9.17, 15) is 13.0 Å². The van der Waals surface area contributed by atoms with Crippen LogP contribution in [0.4, 0.5) is 0 Å². The largest absolute Gasteiger partial charge is 0.726 e. The summed E-state index contributed by atoms with van der Waals surface area (Å²) in [6.45, 7) is 4.91. The molecule has 1 fully saturated rings. The fraction of sp³-hybridized carbons (Fsp3) is 0.455. The molecule has 4 rings (SSSR count). The maximum atomic E-state index is 9.22. The monoisotopic (exact) mass is 418 g/mol. The molecule has 2 aliphatic rings. The molecule has 2 aromatic carbocycles. The molecule has 0 radical (unpaired) electrons. The summed E-state index contributed by atoms with van der Waals surface area (Å²) in [5, 5.41) is 0. The van der Waals surface area contributed by atoms with E-state index in [1.54, 1.807) is 5.56 Å². The van der Waals surface area contributed by atoms with Crippen LogP contribution in [-0.2, 0) is 27.4 Å². The van der Waals surface area contributed by atoms with Crippen molar-refractivity contribution in [2.24, 2.45) is 0 Å². The molecule has 6 nitrogen and oxygen atoms in total. The number of benzene rings is 2. The normalized spacial score (nSPS) is 21.2. The van der Waals surface area contributed by atoms with E-state index in [1.165, 1.54) is 42.9 Å². The Morgan fingerprint density at radius 3 is 2.07 bits per heavy atom. The average Bonchev–Trinajstić information content (AvgIpc) is 2.85. The first kappa shape index (κ1) is 21.9. The fourth-order valence-corrected chi connectivity index (χ4v) is 4.13. The minimum atomic E-state index is -4.41. The van der Waals surface area contributed by atoms with Gasteiger partial charge in [0.2, 0.25) is 10.4 Å². The van der Waals surface area contributed by atoms with Gasteiger partial charge in [-0.25, -0.2) is 8.42 Å². The number of hydrogen-bond acceptors (Lipinski definition) is 5. The number of nitrogens with zero attached hydrogens (tertiary/aromatic N) is 2. The molecular formula is C22H30N2O4S. The molecule has 0 saturated carbocycles. The van der Waals surface area contributed by atoms with Gasteiger partial charge in [-0.15, -0.1) is 0 Å². The van der Waals surface area contributed by atoms with Crippen LogP contribution in [0.1, 0.15) is 28.3 Å². The number of fused-ring (bicyclic) bond motifs is 2. The van der Waals surface area contributed by atoms with Crippen molar-refractivity contribution in [3.63, 3.8) is 0 Å². The van der Waals surface area contributed by atoms with Gasteiger partial charge < -0.3 is 9.04 Å². The van der Waals surface area contributed by atoms with E-state index < -0.39 is 10.4 Å². The second-order valence-electron chi connectivity index (χ2n) is 8.36. The predicted octanol–water partition coefficient (Wildman–Crippen LogP) is 2.36. The highest BCUT2D eigenvalue weighted by Crippen LogP contribution is 2.34. The highest BCUT2D eigenvalue weighted by Gasteiger charge is 2.32. The molecular weight excluding hydrogens is 388 g/mol. The lowest BCUT2D eigenvalue weighted by molar-refractivity contribution is -0.894. The lowest BCUT2D eigenvalue weighted by Crippen LogP contribution is -2.55. The highest BCUT2D eigenvalue weighted by molar-refractivity contribution is 7.80. The quantitative estimate of drug-likeness (QED) is 0.425. The van der Waals surface area contributed by atoms with Gasteiger partial charge in [-0.1, -0.05) is 48.5 Å². The van der Waals surface area contributed by atoms with Crippen LogP contribution >= 0.6 is 0 Å². The topological polar surface area (TPSA) is 69.7 Å². The van der Waals surface area contributed by atoms with Crippen molar-refractivity contribution in [3.8, 4) is 0 Å². The van der Waals surface area contributed by atoms with E-state index in [-0.39, 0.29) is 0 Å². The van der Waals surface area contributed by atoms with Gasteiger partial charge in [-0.2, -0.15) is 0 Å². The third-order valence-electron chi connectivity index (χ3n) is 5.96. The number of quaternary nitrogens is 1. The molecule has 0 aromatic heterocycles. The van der Waals surface area contributed by atoms with Crippen LogP contribution in [-0.4, -0.2) is 69.7 Å². The Morgan fingerprint density at radius 1 is 0.966 bits per heavy atom. The van der Waals surface area contributed by atoms with Crippen molar-refractivity contribution in [2.75, 3.05) is 47.4 Å². The number of likely N-dealkylation sites (N-methyl/N-ethyl adjacent to an activating group) is 1. The summed E-state index contributed by atoms with van der Waals surface area (Å²) in [5.41, 5.74) is 6.11. The van der Waals surface area contributed by atoms with Crippen LogP contribution in [0.5, 0.6) is 0 Å². The molecule has 0 bridgehead atoms. The van der Waals surface area contributed by atoms with Crippen molar-refractivity contribution < 1.29 is 21.6 Å². The van der Waals surface area contributed by atoms with Crippen LogP contribution in [0.25, 0.3) is 0 Å². The maximum Gasteiger partial charge on any atom is 0.217 e. The van der Waals surface area contributed by atoms with Crippen LogP contribution < -0.4 is 0 Å². The molecule has 1 heterocycles. The lowest BCUT2D eigenvalue weighted by Gasteiger charge is -2.42. The third kappa shape index (κ3) is 5.87. The molecule has 29 heavy (non-hydrogen) atoms. The van der Waals surface area contributed by atoms with Gasteiger partial charge in [-0.05, 0) is 35.1 Å². The summed E-state index contributed by atoms with van der Waals surface area (Å²) in [6.07, 6.45) is 2.23. The first-order valence-corrected chi connectivity index (χ1v) is 11.2. The second kappa shape index (κ2) is 8.93. The van der Waals surface area contributed by atoms with Crippen molar-refractivity contribution >= 4 is 10.4 Å². The molecule has 0 spiro atoms.